The summed E-state index contributed by atoms with van der Waals surface area (Å²) < 4.78 is 1.06. The molecule has 0 aliphatic rings. The monoisotopic (exact) mass is 388 g/mol. The molecule has 112 valence electrons. The SMILES string of the molecule is CC(C)(C)C(CCN)CCC(=O)Nc1ccccc1I. The van der Waals surface area contributed by atoms with E-state index in [0.29, 0.717) is 18.9 Å². The lowest BCUT2D eigenvalue weighted by atomic mass is 9.76. The minimum Gasteiger partial charge on any atom is -0.330 e. The average molecular weight is 388 g/mol. The highest BCUT2D eigenvalue weighted by atomic mass is 127. The number of benzene rings is 1. The van der Waals surface area contributed by atoms with Crippen molar-refractivity contribution >= 4 is 34.2 Å². The van der Waals surface area contributed by atoms with Crippen LogP contribution in [0, 0.1) is 14.9 Å². The van der Waals surface area contributed by atoms with Gasteiger partial charge in [0.2, 0.25) is 5.91 Å². The Kier molecular flexibility index (Phi) is 6.95. The summed E-state index contributed by atoms with van der Waals surface area (Å²) in [5.41, 5.74) is 6.76. The summed E-state index contributed by atoms with van der Waals surface area (Å²) in [5, 5.41) is 2.98. The van der Waals surface area contributed by atoms with E-state index in [2.05, 4.69) is 48.7 Å². The molecule has 0 aromatic heterocycles. The number of carbonyl (C=O) groups excluding carboxylic acids is 1. The minimum absolute atomic E-state index is 0.0837. The maximum atomic E-state index is 12.1. The van der Waals surface area contributed by atoms with Crippen molar-refractivity contribution in [3.63, 3.8) is 0 Å². The second-order valence-electron chi connectivity index (χ2n) is 6.21. The topological polar surface area (TPSA) is 55.1 Å². The highest BCUT2D eigenvalue weighted by molar-refractivity contribution is 14.1. The molecule has 1 unspecified atom stereocenters. The van der Waals surface area contributed by atoms with Crippen molar-refractivity contribution in [1.29, 1.82) is 0 Å². The van der Waals surface area contributed by atoms with Crippen molar-refractivity contribution in [2.24, 2.45) is 17.1 Å². The van der Waals surface area contributed by atoms with Gasteiger partial charge in [-0.15, -0.1) is 0 Å². The summed E-state index contributed by atoms with van der Waals surface area (Å²) in [6.07, 6.45) is 2.41. The molecule has 0 bridgehead atoms. The van der Waals surface area contributed by atoms with Gasteiger partial charge in [-0.25, -0.2) is 0 Å². The first kappa shape index (κ1) is 17.4. The van der Waals surface area contributed by atoms with Crippen molar-refractivity contribution in [2.75, 3.05) is 11.9 Å². The fourth-order valence-electron chi connectivity index (χ4n) is 2.29. The number of amides is 1. The Morgan fingerprint density at radius 2 is 1.95 bits per heavy atom. The van der Waals surface area contributed by atoms with Crippen LogP contribution in [-0.4, -0.2) is 12.5 Å². The molecule has 4 heteroatoms. The molecule has 1 atom stereocenters. The van der Waals surface area contributed by atoms with Crippen molar-refractivity contribution in [3.05, 3.63) is 27.8 Å². The van der Waals surface area contributed by atoms with E-state index in [1.807, 2.05) is 24.3 Å². The number of para-hydroxylation sites is 1. The predicted octanol–water partition coefficient (Wildman–Crippen LogP) is 4.02. The number of nitrogens with two attached hydrogens (primary N) is 1. The number of anilines is 1. The molecule has 0 spiro atoms. The van der Waals surface area contributed by atoms with Crippen molar-refractivity contribution < 1.29 is 4.79 Å². The van der Waals surface area contributed by atoms with Gasteiger partial charge in [0.1, 0.15) is 0 Å². The molecule has 0 aliphatic heterocycles. The summed E-state index contributed by atoms with van der Waals surface area (Å²) >= 11 is 2.23. The fraction of sp³-hybridized carbons (Fsp3) is 0.562. The Labute approximate surface area is 135 Å². The molecule has 1 aromatic carbocycles. The number of nitrogens with one attached hydrogen (secondary N) is 1. The van der Waals surface area contributed by atoms with Gasteiger partial charge in [-0.1, -0.05) is 32.9 Å². The van der Waals surface area contributed by atoms with Gasteiger partial charge in [-0.05, 0) is 65.4 Å². The van der Waals surface area contributed by atoms with Gasteiger partial charge in [-0.2, -0.15) is 0 Å². The summed E-state index contributed by atoms with van der Waals surface area (Å²) in [6.45, 7) is 7.32. The van der Waals surface area contributed by atoms with Crippen LogP contribution in [0.1, 0.15) is 40.0 Å². The third-order valence-electron chi connectivity index (χ3n) is 3.61. The van der Waals surface area contributed by atoms with E-state index < -0.39 is 0 Å². The molecule has 0 radical (unpaired) electrons. The maximum absolute atomic E-state index is 12.1. The van der Waals surface area contributed by atoms with Crippen LogP contribution in [0.5, 0.6) is 0 Å². The van der Waals surface area contributed by atoms with Crippen molar-refractivity contribution in [1.82, 2.24) is 0 Å². The van der Waals surface area contributed by atoms with Gasteiger partial charge in [0.25, 0.3) is 0 Å². The predicted molar refractivity (Wildman–Crippen MR) is 93.6 cm³/mol. The summed E-state index contributed by atoms with van der Waals surface area (Å²) in [7, 11) is 0. The molecule has 1 rings (SSSR count). The molecular weight excluding hydrogens is 363 g/mol. The first-order chi connectivity index (χ1) is 9.34. The van der Waals surface area contributed by atoms with Gasteiger partial charge in [-0.3, -0.25) is 4.79 Å². The Morgan fingerprint density at radius 1 is 1.30 bits per heavy atom. The Balaban J connectivity index is 2.52. The third kappa shape index (κ3) is 5.79. The summed E-state index contributed by atoms with van der Waals surface area (Å²) in [4.78, 5) is 12.1. The van der Waals surface area contributed by atoms with E-state index in [0.717, 1.165) is 22.1 Å². The summed E-state index contributed by atoms with van der Waals surface area (Å²) in [6, 6.07) is 7.82. The van der Waals surface area contributed by atoms with Gasteiger partial charge >= 0.3 is 0 Å². The molecule has 1 amide bonds. The van der Waals surface area contributed by atoms with Gasteiger partial charge in [0, 0.05) is 9.99 Å². The Bertz CT molecular complexity index is 440. The zero-order valence-corrected chi connectivity index (χ0v) is 14.7. The zero-order valence-electron chi connectivity index (χ0n) is 12.6. The first-order valence-electron chi connectivity index (χ1n) is 7.09. The quantitative estimate of drug-likeness (QED) is 0.724. The minimum atomic E-state index is 0.0837. The molecular formula is C16H25IN2O. The number of hydrogen-bond acceptors (Lipinski definition) is 2. The molecule has 20 heavy (non-hydrogen) atoms. The standard InChI is InChI=1S/C16H25IN2O/c1-16(2,3)12(10-11-18)8-9-15(20)19-14-7-5-4-6-13(14)17/h4-7,12H,8-11,18H2,1-3H3,(H,19,20). The van der Waals surface area contributed by atoms with E-state index in [9.17, 15) is 4.79 Å². The lowest BCUT2D eigenvalue weighted by Gasteiger charge is -2.30. The number of rotatable bonds is 6. The first-order valence-corrected chi connectivity index (χ1v) is 8.17. The van der Waals surface area contributed by atoms with Crippen LogP contribution in [0.4, 0.5) is 5.69 Å². The average Bonchev–Trinajstić information content (AvgIpc) is 2.36. The van der Waals surface area contributed by atoms with Crippen LogP contribution in [0.3, 0.4) is 0 Å². The van der Waals surface area contributed by atoms with Gasteiger partial charge < -0.3 is 11.1 Å². The molecule has 3 N–H and O–H groups in total. The van der Waals surface area contributed by atoms with E-state index >= 15 is 0 Å². The second-order valence-corrected chi connectivity index (χ2v) is 7.37. The van der Waals surface area contributed by atoms with Gasteiger partial charge in [0.15, 0.2) is 0 Å². The molecule has 1 aromatic rings. The third-order valence-corrected chi connectivity index (χ3v) is 4.55. The normalized spacial score (nSPS) is 13.1. The molecule has 0 saturated carbocycles. The molecule has 0 saturated heterocycles. The highest BCUT2D eigenvalue weighted by Gasteiger charge is 2.24. The number of halogens is 1. The van der Waals surface area contributed by atoms with Crippen molar-refractivity contribution in [2.45, 2.75) is 40.0 Å². The Hall–Kier alpha value is -0.620. The lowest BCUT2D eigenvalue weighted by Crippen LogP contribution is -2.25. The van der Waals surface area contributed by atoms with Crippen molar-refractivity contribution in [3.8, 4) is 0 Å². The highest BCUT2D eigenvalue weighted by Crippen LogP contribution is 2.32. The van der Waals surface area contributed by atoms with Crippen LogP contribution >= 0.6 is 22.6 Å². The van der Waals surface area contributed by atoms with Crippen LogP contribution in [-0.2, 0) is 4.79 Å². The molecule has 0 aliphatic carbocycles. The largest absolute Gasteiger partial charge is 0.330 e. The van der Waals surface area contributed by atoms with E-state index in [1.165, 1.54) is 0 Å². The molecule has 0 heterocycles. The summed E-state index contributed by atoms with van der Waals surface area (Å²) in [5.74, 6) is 0.563. The maximum Gasteiger partial charge on any atom is 0.224 e. The van der Waals surface area contributed by atoms with Crippen LogP contribution in [0.15, 0.2) is 24.3 Å². The lowest BCUT2D eigenvalue weighted by molar-refractivity contribution is -0.116. The fourth-order valence-corrected chi connectivity index (χ4v) is 2.81. The molecule has 3 nitrogen and oxygen atoms in total. The van der Waals surface area contributed by atoms with Crippen LogP contribution < -0.4 is 11.1 Å². The number of carbonyl (C=O) groups is 1. The molecule has 0 fully saturated rings. The zero-order chi connectivity index (χ0) is 15.2. The van der Waals surface area contributed by atoms with Crippen LogP contribution in [0.2, 0.25) is 0 Å². The van der Waals surface area contributed by atoms with E-state index in [1.54, 1.807) is 0 Å². The van der Waals surface area contributed by atoms with E-state index in [4.69, 9.17) is 5.73 Å². The van der Waals surface area contributed by atoms with Crippen LogP contribution in [0.25, 0.3) is 0 Å². The van der Waals surface area contributed by atoms with Gasteiger partial charge in [0.05, 0.1) is 5.69 Å². The Morgan fingerprint density at radius 3 is 2.50 bits per heavy atom. The number of hydrogen-bond donors (Lipinski definition) is 2. The second kappa shape index (κ2) is 7.98. The van der Waals surface area contributed by atoms with E-state index in [-0.39, 0.29) is 11.3 Å². The smallest absolute Gasteiger partial charge is 0.224 e.